The monoisotopic (exact) mass is 243 g/mol. The number of nitrogens with two attached hydrogens (primary N) is 2. The highest BCUT2D eigenvalue weighted by Crippen LogP contribution is 2.37. The summed E-state index contributed by atoms with van der Waals surface area (Å²) >= 11 is 0. The third kappa shape index (κ3) is 1.69. The summed E-state index contributed by atoms with van der Waals surface area (Å²) in [5.74, 6) is 0.109. The molecule has 0 spiro atoms. The summed E-state index contributed by atoms with van der Waals surface area (Å²) in [6.07, 6.45) is 5.08. The summed E-state index contributed by atoms with van der Waals surface area (Å²) in [4.78, 5) is 14.5. The fourth-order valence-corrected chi connectivity index (χ4v) is 3.04. The second-order valence-corrected chi connectivity index (χ2v) is 5.10. The van der Waals surface area contributed by atoms with Crippen molar-refractivity contribution in [1.29, 1.82) is 0 Å². The maximum Gasteiger partial charge on any atom is 0.250 e. The van der Waals surface area contributed by atoms with Gasteiger partial charge in [0.25, 0.3) is 5.91 Å². The van der Waals surface area contributed by atoms with Gasteiger partial charge in [0.2, 0.25) is 0 Å². The van der Waals surface area contributed by atoms with Crippen LogP contribution in [0.25, 0.3) is 10.9 Å². The van der Waals surface area contributed by atoms with Crippen LogP contribution in [0.5, 0.6) is 0 Å². The van der Waals surface area contributed by atoms with Crippen LogP contribution >= 0.6 is 0 Å². The predicted octanol–water partition coefficient (Wildman–Crippen LogP) is 1.86. The average molecular weight is 243 g/mol. The number of aromatic amines is 1. The first-order valence-corrected chi connectivity index (χ1v) is 6.32. The Morgan fingerprint density at radius 1 is 1.28 bits per heavy atom. The molecule has 94 valence electrons. The van der Waals surface area contributed by atoms with E-state index in [0.29, 0.717) is 17.5 Å². The zero-order chi connectivity index (χ0) is 12.7. The lowest BCUT2D eigenvalue weighted by molar-refractivity contribution is 0.100. The van der Waals surface area contributed by atoms with Crippen molar-refractivity contribution in [3.63, 3.8) is 0 Å². The Hall–Kier alpha value is -1.81. The molecule has 0 bridgehead atoms. The SMILES string of the molecule is NC(=O)c1ccc(C2CCC(N)C2)c2cc[nH]c12. The van der Waals surface area contributed by atoms with E-state index in [1.54, 1.807) is 0 Å². The van der Waals surface area contributed by atoms with E-state index in [9.17, 15) is 4.79 Å². The van der Waals surface area contributed by atoms with E-state index in [0.717, 1.165) is 30.2 Å². The molecule has 0 radical (unpaired) electrons. The van der Waals surface area contributed by atoms with E-state index in [-0.39, 0.29) is 0 Å². The van der Waals surface area contributed by atoms with Crippen LogP contribution in [-0.2, 0) is 0 Å². The van der Waals surface area contributed by atoms with Crippen molar-refractivity contribution in [1.82, 2.24) is 4.98 Å². The molecular weight excluding hydrogens is 226 g/mol. The zero-order valence-electron chi connectivity index (χ0n) is 10.1. The number of carbonyl (C=O) groups excluding carboxylic acids is 1. The Morgan fingerprint density at radius 2 is 2.11 bits per heavy atom. The van der Waals surface area contributed by atoms with Crippen molar-refractivity contribution in [3.8, 4) is 0 Å². The number of primary amides is 1. The Morgan fingerprint density at radius 3 is 2.78 bits per heavy atom. The third-order valence-corrected chi connectivity index (χ3v) is 3.94. The van der Waals surface area contributed by atoms with E-state index >= 15 is 0 Å². The van der Waals surface area contributed by atoms with E-state index in [2.05, 4.69) is 4.98 Å². The van der Waals surface area contributed by atoms with E-state index in [1.807, 2.05) is 24.4 Å². The number of hydrogen-bond acceptors (Lipinski definition) is 2. The van der Waals surface area contributed by atoms with Gasteiger partial charge in [0.15, 0.2) is 0 Å². The minimum atomic E-state index is -0.392. The molecule has 2 unspecified atom stereocenters. The second kappa shape index (κ2) is 4.14. The normalized spacial score (nSPS) is 23.6. The van der Waals surface area contributed by atoms with Crippen molar-refractivity contribution in [3.05, 3.63) is 35.5 Å². The smallest absolute Gasteiger partial charge is 0.250 e. The molecular formula is C14H17N3O. The van der Waals surface area contributed by atoms with Crippen molar-refractivity contribution in [2.24, 2.45) is 11.5 Å². The second-order valence-electron chi connectivity index (χ2n) is 5.10. The predicted molar refractivity (Wildman–Crippen MR) is 71.4 cm³/mol. The molecule has 4 heteroatoms. The summed E-state index contributed by atoms with van der Waals surface area (Å²) in [5, 5.41) is 1.10. The van der Waals surface area contributed by atoms with Gasteiger partial charge in [0.05, 0.1) is 11.1 Å². The lowest BCUT2D eigenvalue weighted by Gasteiger charge is -2.12. The lowest BCUT2D eigenvalue weighted by Crippen LogP contribution is -2.14. The Labute approximate surface area is 105 Å². The van der Waals surface area contributed by atoms with Crippen LogP contribution in [0, 0.1) is 0 Å². The molecule has 5 N–H and O–H groups in total. The lowest BCUT2D eigenvalue weighted by atomic mass is 9.92. The van der Waals surface area contributed by atoms with Gasteiger partial charge in [-0.1, -0.05) is 6.07 Å². The summed E-state index contributed by atoms with van der Waals surface area (Å²) in [6.45, 7) is 0. The van der Waals surface area contributed by atoms with Gasteiger partial charge in [-0.25, -0.2) is 0 Å². The van der Waals surface area contributed by atoms with Crippen LogP contribution in [0.4, 0.5) is 0 Å². The molecule has 1 aromatic heterocycles. The molecule has 1 aliphatic rings. The van der Waals surface area contributed by atoms with Gasteiger partial charge in [-0.05, 0) is 42.9 Å². The summed E-state index contributed by atoms with van der Waals surface area (Å²) in [7, 11) is 0. The minimum Gasteiger partial charge on any atom is -0.366 e. The molecule has 1 aliphatic carbocycles. The van der Waals surface area contributed by atoms with Crippen LogP contribution in [0.2, 0.25) is 0 Å². The van der Waals surface area contributed by atoms with Crippen LogP contribution in [0.3, 0.4) is 0 Å². The quantitative estimate of drug-likeness (QED) is 0.752. The largest absolute Gasteiger partial charge is 0.366 e. The van der Waals surface area contributed by atoms with Crippen molar-refractivity contribution >= 4 is 16.8 Å². The van der Waals surface area contributed by atoms with Gasteiger partial charge in [0.1, 0.15) is 0 Å². The number of amides is 1. The number of hydrogen-bond donors (Lipinski definition) is 3. The topological polar surface area (TPSA) is 84.9 Å². The first kappa shape index (κ1) is 11.3. The van der Waals surface area contributed by atoms with E-state index < -0.39 is 5.91 Å². The number of aromatic nitrogens is 1. The Balaban J connectivity index is 2.12. The molecule has 1 aromatic carbocycles. The van der Waals surface area contributed by atoms with Gasteiger partial charge in [-0.15, -0.1) is 0 Å². The fourth-order valence-electron chi connectivity index (χ4n) is 3.04. The highest BCUT2D eigenvalue weighted by Gasteiger charge is 2.25. The standard InChI is InChI=1S/C14H17N3O/c15-9-2-1-8(7-9)10-3-4-12(14(16)18)13-11(10)5-6-17-13/h3-6,8-9,17H,1-2,7,15H2,(H2,16,18). The van der Waals surface area contributed by atoms with Crippen LogP contribution in [0.15, 0.2) is 24.4 Å². The van der Waals surface area contributed by atoms with Gasteiger partial charge < -0.3 is 16.5 Å². The summed E-state index contributed by atoms with van der Waals surface area (Å²) in [5.41, 5.74) is 14.0. The molecule has 2 aromatic rings. The van der Waals surface area contributed by atoms with Gasteiger partial charge >= 0.3 is 0 Å². The number of benzene rings is 1. The van der Waals surface area contributed by atoms with Gasteiger partial charge in [0, 0.05) is 17.6 Å². The van der Waals surface area contributed by atoms with Crippen molar-refractivity contribution in [2.75, 3.05) is 0 Å². The highest BCUT2D eigenvalue weighted by atomic mass is 16.1. The maximum atomic E-state index is 11.4. The Kier molecular flexibility index (Phi) is 2.59. The van der Waals surface area contributed by atoms with Gasteiger partial charge in [-0.2, -0.15) is 0 Å². The maximum absolute atomic E-state index is 11.4. The van der Waals surface area contributed by atoms with Gasteiger partial charge in [-0.3, -0.25) is 4.79 Å². The summed E-state index contributed by atoms with van der Waals surface area (Å²) < 4.78 is 0. The first-order valence-electron chi connectivity index (χ1n) is 6.32. The van der Waals surface area contributed by atoms with Crippen molar-refractivity contribution < 1.29 is 4.79 Å². The number of carbonyl (C=O) groups is 1. The molecule has 1 amide bonds. The van der Waals surface area contributed by atoms with Crippen LogP contribution in [0.1, 0.15) is 41.1 Å². The average Bonchev–Trinajstić information content (AvgIpc) is 2.95. The number of rotatable bonds is 2. The minimum absolute atomic E-state index is 0.305. The molecule has 3 rings (SSSR count). The number of nitrogens with one attached hydrogen (secondary N) is 1. The molecule has 1 saturated carbocycles. The van der Waals surface area contributed by atoms with Crippen LogP contribution < -0.4 is 11.5 Å². The molecule has 1 heterocycles. The van der Waals surface area contributed by atoms with Crippen LogP contribution in [-0.4, -0.2) is 16.9 Å². The Bertz CT molecular complexity index is 602. The zero-order valence-corrected chi connectivity index (χ0v) is 10.1. The number of fused-ring (bicyclic) bond motifs is 1. The van der Waals surface area contributed by atoms with E-state index in [4.69, 9.17) is 11.5 Å². The third-order valence-electron chi connectivity index (χ3n) is 3.94. The van der Waals surface area contributed by atoms with Crippen molar-refractivity contribution in [2.45, 2.75) is 31.2 Å². The molecule has 0 saturated heterocycles. The fraction of sp³-hybridized carbons (Fsp3) is 0.357. The molecule has 18 heavy (non-hydrogen) atoms. The highest BCUT2D eigenvalue weighted by molar-refractivity contribution is 6.05. The summed E-state index contributed by atoms with van der Waals surface area (Å²) in [6, 6.07) is 6.17. The molecule has 2 atom stereocenters. The molecule has 1 fully saturated rings. The number of H-pyrrole nitrogens is 1. The van der Waals surface area contributed by atoms with E-state index in [1.165, 1.54) is 5.56 Å². The first-order chi connectivity index (χ1) is 8.66. The molecule has 4 nitrogen and oxygen atoms in total. The molecule has 0 aliphatic heterocycles.